The Balaban J connectivity index is 0.000000303. The minimum Gasteiger partial charge on any atom is -0.393 e. The molecule has 0 saturated heterocycles. The molecule has 4 heteroatoms. The SMILES string of the molecule is C=C1CC[C@H](C)C/C1=C/C=C1\CCC[C@@]2(C)C1CC[C@@H]2[C@H](C)/C=C/[C@H](C)C(C)C.C=C1CC[C@H](O)C/C1=C/C=C1\CCC[C@@]2(C)C1CC[C@@H]2[C@H](C)/C=C/[C@H](C)C(C)C.CCI.ClCCl. The van der Waals surface area contributed by atoms with E-state index in [0.29, 0.717) is 34.5 Å². The van der Waals surface area contributed by atoms with Crippen molar-refractivity contribution in [2.75, 3.05) is 9.77 Å². The lowest BCUT2D eigenvalue weighted by Gasteiger charge is -2.44. The summed E-state index contributed by atoms with van der Waals surface area (Å²) in [4.78, 5) is 0. The Bertz CT molecular complexity index is 1520. The minimum atomic E-state index is -0.182. The van der Waals surface area contributed by atoms with Gasteiger partial charge in [-0.1, -0.05) is 190 Å². The highest BCUT2D eigenvalue weighted by Gasteiger charge is 2.51. The van der Waals surface area contributed by atoms with Crippen LogP contribution in [-0.2, 0) is 0 Å². The molecule has 0 radical (unpaired) electrons. The number of aliphatic hydroxyl groups excluding tert-OH is 1. The van der Waals surface area contributed by atoms with Gasteiger partial charge < -0.3 is 5.11 Å². The molecule has 1 nitrogen and oxygen atoms in total. The van der Waals surface area contributed by atoms with Crippen LogP contribution in [0.25, 0.3) is 0 Å². The summed E-state index contributed by atoms with van der Waals surface area (Å²) in [5.41, 5.74) is 9.75. The Hall–Kier alpha value is -0.810. The van der Waals surface area contributed by atoms with Crippen molar-refractivity contribution in [3.63, 3.8) is 0 Å². The number of allylic oxidation sites excluding steroid dienone is 13. The van der Waals surface area contributed by atoms with Gasteiger partial charge in [0.25, 0.3) is 0 Å². The normalized spacial score (nSPS) is 35.2. The van der Waals surface area contributed by atoms with Crippen molar-refractivity contribution in [1.29, 1.82) is 0 Å². The molecule has 6 saturated carbocycles. The summed E-state index contributed by atoms with van der Waals surface area (Å²) in [6, 6.07) is 0. The fraction of sp³-hybridized carbons (Fsp3) is 0.733. The van der Waals surface area contributed by atoms with E-state index in [9.17, 15) is 5.11 Å². The maximum Gasteiger partial charge on any atom is 0.0967 e. The molecule has 0 aromatic rings. The second-order valence-corrected chi connectivity index (χ2v) is 24.9. The Morgan fingerprint density at radius 3 is 1.42 bits per heavy atom. The molecule has 0 heterocycles. The summed E-state index contributed by atoms with van der Waals surface area (Å²) in [7, 11) is 0. The maximum absolute atomic E-state index is 10.0. The van der Waals surface area contributed by atoms with Crippen LogP contribution < -0.4 is 0 Å². The molecule has 64 heavy (non-hydrogen) atoms. The van der Waals surface area contributed by atoms with Crippen molar-refractivity contribution in [1.82, 2.24) is 0 Å². The maximum atomic E-state index is 10.0. The number of rotatable bonds is 10. The van der Waals surface area contributed by atoms with Crippen LogP contribution in [0.2, 0.25) is 0 Å². The van der Waals surface area contributed by atoms with Gasteiger partial charge in [-0.3, -0.25) is 0 Å². The predicted octanol–water partition coefficient (Wildman–Crippen LogP) is 19.4. The van der Waals surface area contributed by atoms with Crippen LogP contribution in [0.15, 0.2) is 95.2 Å². The van der Waals surface area contributed by atoms with Gasteiger partial charge in [0.15, 0.2) is 0 Å². The molecule has 2 unspecified atom stereocenters. The van der Waals surface area contributed by atoms with Gasteiger partial charge in [0.05, 0.1) is 11.4 Å². The third-order valence-corrected chi connectivity index (χ3v) is 17.5. The summed E-state index contributed by atoms with van der Waals surface area (Å²) in [5, 5.41) is 10.2. The van der Waals surface area contributed by atoms with E-state index in [-0.39, 0.29) is 11.4 Å². The molecule has 12 atom stereocenters. The quantitative estimate of drug-likeness (QED) is 0.131. The number of fused-ring (bicyclic) bond motifs is 2. The van der Waals surface area contributed by atoms with E-state index >= 15 is 0 Å². The molecule has 0 amide bonds. The average Bonchev–Trinajstić information content (AvgIpc) is 3.80. The fourth-order valence-electron chi connectivity index (χ4n) is 12.7. The van der Waals surface area contributed by atoms with Gasteiger partial charge in [0.2, 0.25) is 0 Å². The monoisotopic (exact) mass is 1030 g/mol. The fourth-order valence-corrected chi connectivity index (χ4v) is 12.7. The van der Waals surface area contributed by atoms with Gasteiger partial charge >= 0.3 is 0 Å². The highest BCUT2D eigenvalue weighted by Crippen LogP contribution is 2.61. The molecule has 6 aliphatic rings. The van der Waals surface area contributed by atoms with Crippen LogP contribution >= 0.6 is 45.8 Å². The van der Waals surface area contributed by atoms with Crippen molar-refractivity contribution >= 4 is 45.8 Å². The molecule has 1 N–H and O–H groups in total. The standard InChI is InChI=1S/C29H46.C28H44O.C2H5I.CH2Cl2/c1-20(2)22(4)12-13-24(6)27-16-17-28-25(9-8-18-29(27,28)7)14-15-26-19-21(3)10-11-23(26)5;1-19(2)20(3)9-10-22(5)26-15-16-27-23(8-7-17-28(26,27)6)12-13-24-18-25(29)14-11-21(24)4;1-2-3;2-1-3/h12-15,20-22,24,27-28H,5,8-11,16-19H2,1-4,6-7H3;9-10,12-13,19-20,22,25-27,29H,4,7-8,11,14-18H2,1-3,5-6H3;2H2,1H3;1H2/b13-12+,25-14+,26-15-;10-9+,23-12+,24-13-;;/t21-,22-,24+,27+,28?,29+;20-,22+,25-,26+,27?,28+;;/m00../s1. The number of aliphatic hydroxyl groups is 1. The first-order valence-corrected chi connectivity index (χ1v) is 28.7. The summed E-state index contributed by atoms with van der Waals surface area (Å²) < 4.78 is 1.22. The molecule has 0 aliphatic heterocycles. The zero-order chi connectivity index (χ0) is 47.8. The number of hydrogen-bond donors (Lipinski definition) is 1. The lowest BCUT2D eigenvalue weighted by molar-refractivity contribution is 0.112. The van der Waals surface area contributed by atoms with Gasteiger partial charge in [-0.2, -0.15) is 0 Å². The first-order chi connectivity index (χ1) is 30.3. The number of hydrogen-bond acceptors (Lipinski definition) is 1. The molecular formula is C60H97Cl2IO. The Morgan fingerprint density at radius 1 is 0.625 bits per heavy atom. The molecule has 6 fully saturated rings. The van der Waals surface area contributed by atoms with Gasteiger partial charge in [-0.25, -0.2) is 0 Å². The lowest BCUT2D eigenvalue weighted by atomic mass is 9.61. The first kappa shape index (κ1) is 57.5. The summed E-state index contributed by atoms with van der Waals surface area (Å²) in [6.07, 6.45) is 39.4. The van der Waals surface area contributed by atoms with Gasteiger partial charge in [-0.05, 0) is 194 Å². The topological polar surface area (TPSA) is 20.2 Å². The van der Waals surface area contributed by atoms with Crippen molar-refractivity contribution in [2.24, 2.45) is 75.9 Å². The minimum absolute atomic E-state index is 0.182. The van der Waals surface area contributed by atoms with Gasteiger partial charge in [0.1, 0.15) is 0 Å². The summed E-state index contributed by atoms with van der Waals surface area (Å²) in [6.45, 7) is 37.2. The smallest absolute Gasteiger partial charge is 0.0967 e. The van der Waals surface area contributed by atoms with Gasteiger partial charge in [-0.15, -0.1) is 23.2 Å². The van der Waals surface area contributed by atoms with E-state index in [1.165, 1.54) is 110 Å². The van der Waals surface area contributed by atoms with Crippen LogP contribution in [0, 0.1) is 75.9 Å². The third kappa shape index (κ3) is 16.1. The van der Waals surface area contributed by atoms with Crippen LogP contribution in [0.4, 0.5) is 0 Å². The highest BCUT2D eigenvalue weighted by atomic mass is 127. The number of alkyl halides is 3. The molecular weight excluding hydrogens is 934 g/mol. The van der Waals surface area contributed by atoms with Gasteiger partial charge in [0, 0.05) is 0 Å². The Labute approximate surface area is 420 Å². The van der Waals surface area contributed by atoms with Crippen LogP contribution in [0.3, 0.4) is 0 Å². The van der Waals surface area contributed by atoms with E-state index in [1.54, 1.807) is 11.1 Å². The molecule has 364 valence electrons. The molecule has 0 aromatic carbocycles. The highest BCUT2D eigenvalue weighted by molar-refractivity contribution is 14.1. The van der Waals surface area contributed by atoms with Crippen molar-refractivity contribution < 1.29 is 5.11 Å². The molecule has 0 spiro atoms. The third-order valence-electron chi connectivity index (χ3n) is 17.5. The van der Waals surface area contributed by atoms with E-state index in [4.69, 9.17) is 23.2 Å². The van der Waals surface area contributed by atoms with E-state index in [2.05, 4.69) is 167 Å². The molecule has 0 aromatic heterocycles. The van der Waals surface area contributed by atoms with Crippen LogP contribution in [0.5, 0.6) is 0 Å². The van der Waals surface area contributed by atoms with Crippen molar-refractivity contribution in [2.45, 2.75) is 192 Å². The van der Waals surface area contributed by atoms with E-state index in [0.717, 1.165) is 60.7 Å². The largest absolute Gasteiger partial charge is 0.393 e. The second-order valence-electron chi connectivity index (χ2n) is 22.6. The second kappa shape index (κ2) is 28.0. The molecule has 0 bridgehead atoms. The van der Waals surface area contributed by atoms with Crippen molar-refractivity contribution in [3.05, 3.63) is 95.2 Å². The first-order valence-electron chi connectivity index (χ1n) is 26.2. The molecule has 6 rings (SSSR count). The summed E-state index contributed by atoms with van der Waals surface area (Å²) in [5.74, 6) is 8.14. The Kier molecular flexibility index (Phi) is 25.2. The van der Waals surface area contributed by atoms with Crippen LogP contribution in [0.1, 0.15) is 186 Å². The predicted molar refractivity (Wildman–Crippen MR) is 296 cm³/mol. The Morgan fingerprint density at radius 2 is 1.02 bits per heavy atom. The average molecular weight is 1030 g/mol. The van der Waals surface area contributed by atoms with E-state index in [1.807, 2.05) is 0 Å². The summed E-state index contributed by atoms with van der Waals surface area (Å²) >= 11 is 11.8. The lowest BCUT2D eigenvalue weighted by Crippen LogP contribution is -2.35. The zero-order valence-electron chi connectivity index (χ0n) is 43.3. The van der Waals surface area contributed by atoms with E-state index < -0.39 is 0 Å². The molecule has 6 aliphatic carbocycles. The number of halogens is 3. The van der Waals surface area contributed by atoms with Crippen LogP contribution in [-0.4, -0.2) is 21.0 Å². The van der Waals surface area contributed by atoms with Crippen molar-refractivity contribution in [3.8, 4) is 0 Å². The zero-order valence-corrected chi connectivity index (χ0v) is 46.9.